The molecule has 0 N–H and O–H groups in total. The number of aryl methyl sites for hydroxylation is 2. The lowest BCUT2D eigenvalue weighted by atomic mass is 9.92. The van der Waals surface area contributed by atoms with Gasteiger partial charge in [-0.15, -0.1) is 0 Å². The predicted molar refractivity (Wildman–Crippen MR) is 136 cm³/mol. The van der Waals surface area contributed by atoms with Gasteiger partial charge in [-0.1, -0.05) is 38.1 Å². The van der Waals surface area contributed by atoms with Crippen molar-refractivity contribution in [2.45, 2.75) is 26.7 Å². The summed E-state index contributed by atoms with van der Waals surface area (Å²) in [5, 5.41) is 24.9. The number of nitro groups is 2. The Morgan fingerprint density at radius 3 is 1.25 bits per heavy atom. The first kappa shape index (κ1) is 24.5. The van der Waals surface area contributed by atoms with Crippen LogP contribution in [0.1, 0.15) is 25.2 Å². The molecule has 0 radical (unpaired) electrons. The molecule has 0 atom stereocenters. The first-order chi connectivity index (χ1) is 17.3. The highest BCUT2D eigenvalue weighted by Gasteiger charge is 2.38. The van der Waals surface area contributed by atoms with Crippen LogP contribution in [0.25, 0.3) is 33.3 Å². The first-order valence-electron chi connectivity index (χ1n) is 11.3. The minimum absolute atomic E-state index is 0.0477. The average molecular weight is 489 g/mol. The Balaban J connectivity index is 2.26. The topological polar surface area (TPSA) is 131 Å². The zero-order valence-electron chi connectivity index (χ0n) is 20.3. The summed E-state index contributed by atoms with van der Waals surface area (Å²) < 4.78 is 10.4. The fourth-order valence-electron chi connectivity index (χ4n) is 4.30. The van der Waals surface area contributed by atoms with E-state index in [1.807, 2.05) is 13.8 Å². The molecule has 4 rings (SSSR count). The predicted octanol–water partition coefficient (Wildman–Crippen LogP) is 5.92. The smallest absolute Gasteiger partial charge is 0.356 e. The van der Waals surface area contributed by atoms with Crippen LogP contribution in [0, 0.1) is 20.2 Å². The van der Waals surface area contributed by atoms with Gasteiger partial charge in [-0.2, -0.15) is 0 Å². The third-order valence-electron chi connectivity index (χ3n) is 6.01. The lowest BCUT2D eigenvalue weighted by Crippen LogP contribution is -2.08. The maximum atomic E-state index is 12.5. The van der Waals surface area contributed by atoms with Gasteiger partial charge >= 0.3 is 11.4 Å². The van der Waals surface area contributed by atoms with Gasteiger partial charge in [-0.05, 0) is 48.2 Å². The van der Waals surface area contributed by atoms with Crippen molar-refractivity contribution in [1.29, 1.82) is 0 Å². The largest absolute Gasteiger partial charge is 0.497 e. The number of rotatable bonds is 8. The molecule has 3 aromatic carbocycles. The zero-order chi connectivity index (χ0) is 26.0. The van der Waals surface area contributed by atoms with Crippen LogP contribution in [0.15, 0.2) is 48.5 Å². The Morgan fingerprint density at radius 1 is 0.667 bits per heavy atom. The molecular formula is C26H24N4O6. The van der Waals surface area contributed by atoms with Gasteiger partial charge in [0.15, 0.2) is 0 Å². The molecule has 0 aliphatic carbocycles. The molecule has 0 amide bonds. The van der Waals surface area contributed by atoms with Crippen LogP contribution in [-0.2, 0) is 12.8 Å². The molecule has 0 bridgehead atoms. The second-order valence-corrected chi connectivity index (χ2v) is 7.94. The van der Waals surface area contributed by atoms with E-state index in [0.29, 0.717) is 46.9 Å². The molecule has 0 saturated heterocycles. The Morgan fingerprint density at radius 2 is 1.00 bits per heavy atom. The molecule has 10 heteroatoms. The van der Waals surface area contributed by atoms with Crippen LogP contribution in [0.3, 0.4) is 0 Å². The first-order valence-corrected chi connectivity index (χ1v) is 11.3. The molecule has 4 aromatic rings. The van der Waals surface area contributed by atoms with Crippen LogP contribution in [-0.4, -0.2) is 34.0 Å². The number of nitro benzene ring substituents is 2. The van der Waals surface area contributed by atoms with Crippen LogP contribution in [0.4, 0.5) is 11.4 Å². The second kappa shape index (κ2) is 9.95. The molecule has 1 aromatic heterocycles. The van der Waals surface area contributed by atoms with Crippen molar-refractivity contribution in [3.8, 4) is 33.8 Å². The number of methoxy groups -OCH3 is 2. The Kier molecular flexibility index (Phi) is 6.77. The summed E-state index contributed by atoms with van der Waals surface area (Å²) >= 11 is 0. The fraction of sp³-hybridized carbons (Fsp3) is 0.231. The molecular weight excluding hydrogens is 464 g/mol. The highest BCUT2D eigenvalue weighted by Crippen LogP contribution is 2.49. The van der Waals surface area contributed by atoms with Crippen molar-refractivity contribution in [3.63, 3.8) is 0 Å². The highest BCUT2D eigenvalue weighted by atomic mass is 16.6. The Bertz CT molecular complexity index is 1360. The number of hydrogen-bond donors (Lipinski definition) is 0. The van der Waals surface area contributed by atoms with Crippen LogP contribution >= 0.6 is 0 Å². The van der Waals surface area contributed by atoms with Gasteiger partial charge in [0.1, 0.15) is 22.5 Å². The summed E-state index contributed by atoms with van der Waals surface area (Å²) in [7, 11) is 3.01. The minimum Gasteiger partial charge on any atom is -0.497 e. The lowest BCUT2D eigenvalue weighted by Gasteiger charge is -2.15. The van der Waals surface area contributed by atoms with Crippen molar-refractivity contribution < 1.29 is 19.3 Å². The normalized spacial score (nSPS) is 10.9. The van der Waals surface area contributed by atoms with Crippen LogP contribution < -0.4 is 9.47 Å². The lowest BCUT2D eigenvalue weighted by molar-refractivity contribution is -0.421. The van der Waals surface area contributed by atoms with E-state index in [-0.39, 0.29) is 22.2 Å². The van der Waals surface area contributed by atoms with Gasteiger partial charge in [0.25, 0.3) is 0 Å². The van der Waals surface area contributed by atoms with E-state index < -0.39 is 21.2 Å². The number of hydrogen-bond acceptors (Lipinski definition) is 8. The SMILES string of the molecule is CCc1nc2c(-c3ccc(OC)cc3)c([N+](=O)[O-])c([N+](=O)[O-])c(-c3ccc(OC)cc3)c2nc1CC. The molecule has 184 valence electrons. The van der Waals surface area contributed by atoms with Crippen LogP contribution in [0.5, 0.6) is 11.5 Å². The average Bonchev–Trinajstić information content (AvgIpc) is 2.90. The third-order valence-corrected chi connectivity index (χ3v) is 6.01. The van der Waals surface area contributed by atoms with E-state index >= 15 is 0 Å². The van der Waals surface area contributed by atoms with Crippen molar-refractivity contribution in [1.82, 2.24) is 9.97 Å². The standard InChI is InChI=1S/C26H24N4O6/c1-5-19-20(6-2)28-24-22(16-9-13-18(36-4)14-10-16)26(30(33)34)25(29(31)32)21(23(24)27-19)15-7-11-17(35-3)12-8-15/h7-14H,5-6H2,1-4H3. The summed E-state index contributed by atoms with van der Waals surface area (Å²) in [6, 6.07) is 13.1. The number of benzene rings is 3. The van der Waals surface area contributed by atoms with E-state index in [2.05, 4.69) is 0 Å². The quantitative estimate of drug-likeness (QED) is 0.220. The van der Waals surface area contributed by atoms with E-state index in [4.69, 9.17) is 19.4 Å². The van der Waals surface area contributed by atoms with Crippen molar-refractivity contribution in [2.24, 2.45) is 0 Å². The van der Waals surface area contributed by atoms with Crippen molar-refractivity contribution in [3.05, 3.63) is 80.1 Å². The Labute approximate surface area is 206 Å². The number of ether oxygens (including phenoxy) is 2. The van der Waals surface area contributed by atoms with E-state index in [9.17, 15) is 20.2 Å². The molecule has 1 heterocycles. The maximum Gasteiger partial charge on any atom is 0.356 e. The van der Waals surface area contributed by atoms with Crippen LogP contribution in [0.2, 0.25) is 0 Å². The molecule has 0 spiro atoms. The van der Waals surface area contributed by atoms with Crippen molar-refractivity contribution >= 4 is 22.4 Å². The minimum atomic E-state index is -0.717. The third kappa shape index (κ3) is 4.17. The zero-order valence-corrected chi connectivity index (χ0v) is 20.3. The molecule has 0 fully saturated rings. The van der Waals surface area contributed by atoms with Gasteiger partial charge in [0.2, 0.25) is 0 Å². The number of nitrogens with zero attached hydrogens (tertiary/aromatic N) is 4. The molecule has 0 aliphatic heterocycles. The van der Waals surface area contributed by atoms with Crippen molar-refractivity contribution in [2.75, 3.05) is 14.2 Å². The fourth-order valence-corrected chi connectivity index (χ4v) is 4.30. The summed E-state index contributed by atoms with van der Waals surface area (Å²) in [4.78, 5) is 33.1. The van der Waals surface area contributed by atoms with Gasteiger partial charge in [-0.25, -0.2) is 9.97 Å². The van der Waals surface area contributed by atoms with Gasteiger partial charge in [0.05, 0.1) is 46.6 Å². The van der Waals surface area contributed by atoms with E-state index in [1.165, 1.54) is 14.2 Å². The molecule has 0 unspecified atom stereocenters. The van der Waals surface area contributed by atoms with E-state index in [1.54, 1.807) is 48.5 Å². The summed E-state index contributed by atoms with van der Waals surface area (Å²) in [6.45, 7) is 3.85. The number of aromatic nitrogens is 2. The Hall–Kier alpha value is -4.60. The summed E-state index contributed by atoms with van der Waals surface area (Å²) in [6.07, 6.45) is 1.10. The van der Waals surface area contributed by atoms with E-state index in [0.717, 1.165) is 0 Å². The summed E-state index contributed by atoms with van der Waals surface area (Å²) in [5.74, 6) is 1.09. The maximum absolute atomic E-state index is 12.5. The van der Waals surface area contributed by atoms with Gasteiger partial charge < -0.3 is 9.47 Å². The highest BCUT2D eigenvalue weighted by molar-refractivity contribution is 6.10. The van der Waals surface area contributed by atoms with Gasteiger partial charge in [-0.3, -0.25) is 20.2 Å². The summed E-state index contributed by atoms with van der Waals surface area (Å²) in [5.41, 5.74) is 1.46. The molecule has 10 nitrogen and oxygen atoms in total. The van der Waals surface area contributed by atoms with Gasteiger partial charge in [0, 0.05) is 0 Å². The molecule has 0 aliphatic rings. The monoisotopic (exact) mass is 488 g/mol. The molecule has 0 saturated carbocycles. The number of fused-ring (bicyclic) bond motifs is 1. The second-order valence-electron chi connectivity index (χ2n) is 7.94. The molecule has 36 heavy (non-hydrogen) atoms.